The summed E-state index contributed by atoms with van der Waals surface area (Å²) in [7, 11) is 0. The minimum absolute atomic E-state index is 0.211. The number of para-hydroxylation sites is 2. The molecule has 5 heteroatoms. The van der Waals surface area contributed by atoms with E-state index in [0.717, 1.165) is 68.1 Å². The molecule has 0 saturated heterocycles. The number of rotatable bonds is 6. The van der Waals surface area contributed by atoms with Gasteiger partial charge in [-0.05, 0) is 63.2 Å². The molecule has 0 fully saturated rings. The van der Waals surface area contributed by atoms with E-state index in [4.69, 9.17) is 15.1 Å². The van der Waals surface area contributed by atoms with E-state index < -0.39 is 5.41 Å². The molecule has 0 saturated carbocycles. The van der Waals surface area contributed by atoms with Crippen molar-refractivity contribution < 1.29 is 4.74 Å². The summed E-state index contributed by atoms with van der Waals surface area (Å²) >= 11 is 0. The van der Waals surface area contributed by atoms with E-state index >= 15 is 0 Å². The number of benzene rings is 7. The van der Waals surface area contributed by atoms with Crippen molar-refractivity contribution in [1.82, 2.24) is 10.6 Å². The predicted molar refractivity (Wildman–Crippen MR) is 227 cm³/mol. The highest BCUT2D eigenvalue weighted by Gasteiger charge is 2.52. The van der Waals surface area contributed by atoms with E-state index in [1.54, 1.807) is 0 Å². The van der Waals surface area contributed by atoms with Gasteiger partial charge in [-0.3, -0.25) is 5.41 Å². The minimum Gasteiger partial charge on any atom is -0.457 e. The van der Waals surface area contributed by atoms with Crippen molar-refractivity contribution in [2.45, 2.75) is 12.0 Å². The van der Waals surface area contributed by atoms with Gasteiger partial charge in [-0.15, -0.1) is 0 Å². The molecule has 2 aliphatic heterocycles. The van der Waals surface area contributed by atoms with Crippen molar-refractivity contribution in [2.24, 2.45) is 4.99 Å². The van der Waals surface area contributed by atoms with Gasteiger partial charge < -0.3 is 15.4 Å². The zero-order valence-electron chi connectivity index (χ0n) is 30.7. The zero-order chi connectivity index (χ0) is 37.5. The summed E-state index contributed by atoms with van der Waals surface area (Å²) in [5.41, 5.74) is 14.1. The monoisotopic (exact) mass is 722 g/mol. The van der Waals surface area contributed by atoms with Crippen molar-refractivity contribution in [3.8, 4) is 33.8 Å². The fourth-order valence-corrected chi connectivity index (χ4v) is 8.50. The van der Waals surface area contributed by atoms with Crippen molar-refractivity contribution in [3.63, 3.8) is 0 Å². The van der Waals surface area contributed by atoms with Crippen LogP contribution in [-0.4, -0.2) is 18.2 Å². The van der Waals surface area contributed by atoms with Crippen LogP contribution in [0.5, 0.6) is 11.5 Å². The SMILES string of the molecule is N=C(/N=C(\NCc1ccccc1)c1cccc(-c2ccc(-c3ccc4c(c3)C3(C5=C4NCC=C5)c4ccccc4Oc4ccccc43)cc2)c1)c1ccccc1. The lowest BCUT2D eigenvalue weighted by molar-refractivity contribution is 0.435. The number of hydrogen-bond donors (Lipinski definition) is 3. The first-order chi connectivity index (χ1) is 27.7. The molecule has 0 amide bonds. The first-order valence-electron chi connectivity index (χ1n) is 19.1. The summed E-state index contributed by atoms with van der Waals surface area (Å²) in [5.74, 6) is 2.65. The number of fused-ring (bicyclic) bond motifs is 8. The van der Waals surface area contributed by atoms with Crippen LogP contribution in [0.2, 0.25) is 0 Å². The number of aliphatic imine (C=N–C) groups is 1. The molecule has 3 N–H and O–H groups in total. The number of dihydropyridines is 1. The Morgan fingerprint density at radius 2 is 1.21 bits per heavy atom. The molecule has 10 rings (SSSR count). The molecule has 1 spiro atoms. The number of amidine groups is 2. The number of ether oxygens (including phenoxy) is 1. The Kier molecular flexibility index (Phi) is 8.26. The van der Waals surface area contributed by atoms with Gasteiger partial charge in [0.25, 0.3) is 0 Å². The largest absolute Gasteiger partial charge is 0.457 e. The van der Waals surface area contributed by atoms with Crippen LogP contribution in [0.4, 0.5) is 0 Å². The Morgan fingerprint density at radius 1 is 0.607 bits per heavy atom. The summed E-state index contributed by atoms with van der Waals surface area (Å²) in [4.78, 5) is 4.81. The Labute approximate surface area is 326 Å². The molecule has 0 bridgehead atoms. The average Bonchev–Trinajstić information content (AvgIpc) is 3.56. The lowest BCUT2D eigenvalue weighted by atomic mass is 9.65. The topological polar surface area (TPSA) is 69.5 Å². The normalized spacial score (nSPS) is 14.5. The summed E-state index contributed by atoms with van der Waals surface area (Å²) in [6.45, 7) is 1.39. The van der Waals surface area contributed by atoms with Crippen LogP contribution >= 0.6 is 0 Å². The van der Waals surface area contributed by atoms with Gasteiger partial charge in [-0.2, -0.15) is 0 Å². The summed E-state index contributed by atoms with van der Waals surface area (Å²) in [6, 6.07) is 61.0. The van der Waals surface area contributed by atoms with E-state index in [-0.39, 0.29) is 5.84 Å². The molecule has 0 radical (unpaired) electrons. The van der Waals surface area contributed by atoms with E-state index in [1.807, 2.05) is 48.5 Å². The van der Waals surface area contributed by atoms with Gasteiger partial charge in [-0.1, -0.05) is 164 Å². The Hall–Kier alpha value is -7.24. The van der Waals surface area contributed by atoms with Crippen molar-refractivity contribution in [1.29, 1.82) is 5.41 Å². The van der Waals surface area contributed by atoms with Gasteiger partial charge >= 0.3 is 0 Å². The van der Waals surface area contributed by atoms with Gasteiger partial charge in [0, 0.05) is 46.6 Å². The maximum Gasteiger partial charge on any atom is 0.154 e. The lowest BCUT2D eigenvalue weighted by Gasteiger charge is -2.40. The first-order valence-corrected chi connectivity index (χ1v) is 19.1. The Bertz CT molecular complexity index is 2680. The number of hydrogen-bond acceptors (Lipinski definition) is 3. The summed E-state index contributed by atoms with van der Waals surface area (Å²) in [5, 5.41) is 16.1. The second-order valence-electron chi connectivity index (χ2n) is 14.3. The van der Waals surface area contributed by atoms with Crippen LogP contribution in [-0.2, 0) is 12.0 Å². The van der Waals surface area contributed by atoms with Crippen LogP contribution in [0.25, 0.3) is 28.0 Å². The van der Waals surface area contributed by atoms with E-state index in [1.165, 1.54) is 22.4 Å². The van der Waals surface area contributed by atoms with E-state index in [9.17, 15) is 0 Å². The molecular weight excluding hydrogens is 685 g/mol. The molecule has 0 aromatic heterocycles. The third-order valence-corrected chi connectivity index (χ3v) is 11.1. The molecule has 1 aliphatic carbocycles. The number of allylic oxidation sites excluding steroid dienone is 2. The van der Waals surface area contributed by atoms with Gasteiger partial charge in [0.2, 0.25) is 0 Å². The van der Waals surface area contributed by atoms with Crippen LogP contribution in [0.15, 0.2) is 199 Å². The number of nitrogens with zero attached hydrogens (tertiary/aromatic N) is 1. The van der Waals surface area contributed by atoms with Crippen LogP contribution < -0.4 is 15.4 Å². The average molecular weight is 723 g/mol. The highest BCUT2D eigenvalue weighted by atomic mass is 16.5. The highest BCUT2D eigenvalue weighted by molar-refractivity contribution is 6.10. The van der Waals surface area contributed by atoms with E-state index in [2.05, 4.69) is 150 Å². The second-order valence-corrected chi connectivity index (χ2v) is 14.3. The smallest absolute Gasteiger partial charge is 0.154 e. The van der Waals surface area contributed by atoms with E-state index in [0.29, 0.717) is 12.4 Å². The van der Waals surface area contributed by atoms with Crippen molar-refractivity contribution >= 4 is 17.4 Å². The Morgan fingerprint density at radius 3 is 1.93 bits per heavy atom. The molecule has 2 heterocycles. The predicted octanol–water partition coefficient (Wildman–Crippen LogP) is 10.9. The first kappa shape index (κ1) is 33.3. The van der Waals surface area contributed by atoms with Gasteiger partial charge in [0.1, 0.15) is 17.3 Å². The molecule has 5 nitrogen and oxygen atoms in total. The summed E-state index contributed by atoms with van der Waals surface area (Å²) < 4.78 is 6.54. The fourth-order valence-electron chi connectivity index (χ4n) is 8.50. The third-order valence-electron chi connectivity index (χ3n) is 11.1. The van der Waals surface area contributed by atoms with Crippen molar-refractivity contribution in [2.75, 3.05) is 6.54 Å². The van der Waals surface area contributed by atoms with Crippen LogP contribution in [0.1, 0.15) is 38.9 Å². The maximum atomic E-state index is 8.80. The molecule has 268 valence electrons. The molecule has 3 aliphatic rings. The highest BCUT2D eigenvalue weighted by Crippen LogP contribution is 2.61. The minimum atomic E-state index is -0.513. The quantitative estimate of drug-likeness (QED) is 0.118. The Balaban J connectivity index is 1.01. The fraction of sp³-hybridized carbons (Fsp3) is 0.0588. The summed E-state index contributed by atoms with van der Waals surface area (Å²) in [6.07, 6.45) is 4.54. The van der Waals surface area contributed by atoms with Gasteiger partial charge in [0.15, 0.2) is 5.84 Å². The third kappa shape index (κ3) is 5.64. The molecule has 7 aromatic rings. The van der Waals surface area contributed by atoms with Crippen molar-refractivity contribution in [3.05, 3.63) is 233 Å². The maximum absolute atomic E-state index is 8.80. The molecular formula is C51H38N4O. The van der Waals surface area contributed by atoms with Gasteiger partial charge in [0.05, 0.1) is 5.41 Å². The number of nitrogens with one attached hydrogen (secondary N) is 3. The van der Waals surface area contributed by atoms with Crippen LogP contribution in [0.3, 0.4) is 0 Å². The lowest BCUT2D eigenvalue weighted by Crippen LogP contribution is -2.33. The molecule has 56 heavy (non-hydrogen) atoms. The second kappa shape index (κ2) is 13.9. The molecule has 0 unspecified atom stereocenters. The standard InChI is InChI=1S/C51H38N4O/c52-49(37-15-5-2-6-16-37)55-50(54-33-34-13-3-1-4-14-34)40-18-11-17-38(31-40)35-24-26-36(27-25-35)39-28-29-41-45(32-39)51(44-21-12-30-53-48(41)44)42-19-7-9-22-46(42)56-47-23-10-8-20-43(47)51/h1-29,31-32,53H,30,33H2,(H2,52,54,55). The molecule has 0 atom stereocenters. The van der Waals surface area contributed by atoms with Crippen LogP contribution in [0, 0.1) is 5.41 Å². The zero-order valence-corrected chi connectivity index (χ0v) is 30.7. The van der Waals surface area contributed by atoms with Gasteiger partial charge in [-0.25, -0.2) is 4.99 Å². The molecule has 7 aromatic carbocycles.